The minimum absolute atomic E-state index is 0.0758. The highest BCUT2D eigenvalue weighted by atomic mass is 32.1. The summed E-state index contributed by atoms with van der Waals surface area (Å²) in [6.07, 6.45) is 4.02. The van der Waals surface area contributed by atoms with Crippen molar-refractivity contribution in [2.45, 2.75) is 53.2 Å². The summed E-state index contributed by atoms with van der Waals surface area (Å²) >= 11 is 5.34. The maximum absolute atomic E-state index is 13.4. The van der Waals surface area contributed by atoms with Gasteiger partial charge in [0.05, 0.1) is 11.8 Å². The van der Waals surface area contributed by atoms with E-state index in [0.717, 1.165) is 54.1 Å². The van der Waals surface area contributed by atoms with Crippen LogP contribution in [-0.2, 0) is 20.9 Å². The fourth-order valence-electron chi connectivity index (χ4n) is 4.26. The molecule has 2 fully saturated rings. The van der Waals surface area contributed by atoms with Gasteiger partial charge in [-0.05, 0) is 87.7 Å². The Kier molecular flexibility index (Phi) is 5.81. The highest BCUT2D eigenvalue weighted by molar-refractivity contribution is 7.80. The van der Waals surface area contributed by atoms with Gasteiger partial charge in [-0.1, -0.05) is 12.1 Å². The van der Waals surface area contributed by atoms with E-state index in [1.807, 2.05) is 52.0 Å². The number of hydrogen-bond acceptors (Lipinski definition) is 4. The molecule has 0 radical (unpaired) electrons. The molecule has 0 spiro atoms. The second-order valence-corrected chi connectivity index (χ2v) is 8.64. The fraction of sp³-hybridized carbons (Fsp3) is 0.375. The number of nitrogens with one attached hydrogen (secondary N) is 1. The average Bonchev–Trinajstić information content (AvgIpc) is 3.32. The van der Waals surface area contributed by atoms with Crippen LogP contribution < -0.4 is 10.2 Å². The van der Waals surface area contributed by atoms with Gasteiger partial charge in [0.2, 0.25) is 0 Å². The van der Waals surface area contributed by atoms with Crippen LogP contribution >= 0.6 is 12.2 Å². The van der Waals surface area contributed by atoms with E-state index in [9.17, 15) is 9.59 Å². The second kappa shape index (κ2) is 8.40. The molecule has 2 saturated heterocycles. The van der Waals surface area contributed by atoms with Crippen molar-refractivity contribution in [3.8, 4) is 0 Å². The summed E-state index contributed by atoms with van der Waals surface area (Å²) in [6.45, 7) is 9.55. The zero-order valence-corrected chi connectivity index (χ0v) is 19.1. The Morgan fingerprint density at radius 1 is 1.23 bits per heavy atom. The first-order chi connectivity index (χ1) is 14.8. The normalized spacial score (nSPS) is 20.6. The molecule has 2 aromatic rings. The van der Waals surface area contributed by atoms with Crippen LogP contribution in [0.25, 0.3) is 6.08 Å². The standard InChI is InChI=1S/C24H27N3O3S/c1-14-7-5-9-21(16(14)3)27-23(29)20(22(28)25-24(27)31)12-18-11-15(2)26(17(18)4)13-19-8-6-10-30-19/h5,7,9,11-12,19H,6,8,10,13H2,1-4H3,(H,25,28,31)/b20-12-/t19-/m0/s1. The Morgan fingerprint density at radius 3 is 2.71 bits per heavy atom. The molecule has 1 atom stereocenters. The Hall–Kier alpha value is -2.77. The number of aromatic nitrogens is 1. The highest BCUT2D eigenvalue weighted by Gasteiger charge is 2.35. The van der Waals surface area contributed by atoms with Crippen LogP contribution in [0.5, 0.6) is 0 Å². The summed E-state index contributed by atoms with van der Waals surface area (Å²) in [6, 6.07) is 7.71. The summed E-state index contributed by atoms with van der Waals surface area (Å²) in [5, 5.41) is 2.78. The number of ether oxygens (including phenoxy) is 1. The predicted octanol–water partition coefficient (Wildman–Crippen LogP) is 3.73. The molecular weight excluding hydrogens is 410 g/mol. The number of thiocarbonyl (C=S) groups is 1. The molecule has 0 saturated carbocycles. The maximum atomic E-state index is 13.4. The van der Waals surface area contributed by atoms with Crippen molar-refractivity contribution in [2.75, 3.05) is 11.5 Å². The van der Waals surface area contributed by atoms with E-state index < -0.39 is 11.8 Å². The molecule has 4 rings (SSSR count). The smallest absolute Gasteiger partial charge is 0.270 e. The van der Waals surface area contributed by atoms with Crippen LogP contribution in [-0.4, -0.2) is 34.2 Å². The lowest BCUT2D eigenvalue weighted by molar-refractivity contribution is -0.122. The Morgan fingerprint density at radius 2 is 2.00 bits per heavy atom. The molecule has 7 heteroatoms. The summed E-state index contributed by atoms with van der Waals surface area (Å²) in [7, 11) is 0. The monoisotopic (exact) mass is 437 g/mol. The summed E-state index contributed by atoms with van der Waals surface area (Å²) < 4.78 is 7.98. The summed E-state index contributed by atoms with van der Waals surface area (Å²) in [4.78, 5) is 27.5. The van der Waals surface area contributed by atoms with Crippen LogP contribution in [0.4, 0.5) is 5.69 Å². The van der Waals surface area contributed by atoms with E-state index in [-0.39, 0.29) is 16.8 Å². The maximum Gasteiger partial charge on any atom is 0.270 e. The first-order valence-corrected chi connectivity index (χ1v) is 10.9. The van der Waals surface area contributed by atoms with Gasteiger partial charge >= 0.3 is 0 Å². The minimum Gasteiger partial charge on any atom is -0.376 e. The number of amides is 2. The van der Waals surface area contributed by atoms with Crippen molar-refractivity contribution in [1.29, 1.82) is 0 Å². The van der Waals surface area contributed by atoms with Crippen molar-refractivity contribution in [2.24, 2.45) is 0 Å². The van der Waals surface area contributed by atoms with Gasteiger partial charge in [0, 0.05) is 24.5 Å². The zero-order valence-electron chi connectivity index (χ0n) is 18.3. The molecule has 1 aromatic carbocycles. The second-order valence-electron chi connectivity index (χ2n) is 8.25. The lowest BCUT2D eigenvalue weighted by Gasteiger charge is -2.30. The first kappa shape index (κ1) is 21.5. The van der Waals surface area contributed by atoms with Gasteiger partial charge in [0.1, 0.15) is 5.57 Å². The first-order valence-electron chi connectivity index (χ1n) is 10.5. The number of rotatable bonds is 4. The minimum atomic E-state index is -0.472. The molecule has 0 unspecified atom stereocenters. The Balaban J connectivity index is 1.70. The van der Waals surface area contributed by atoms with Crippen molar-refractivity contribution < 1.29 is 14.3 Å². The molecule has 31 heavy (non-hydrogen) atoms. The number of hydrogen-bond donors (Lipinski definition) is 1. The topological polar surface area (TPSA) is 63.6 Å². The molecule has 0 bridgehead atoms. The van der Waals surface area contributed by atoms with E-state index in [1.54, 1.807) is 6.08 Å². The van der Waals surface area contributed by atoms with E-state index in [1.165, 1.54) is 4.90 Å². The van der Waals surface area contributed by atoms with Crippen LogP contribution in [0.2, 0.25) is 0 Å². The van der Waals surface area contributed by atoms with Crippen LogP contribution in [0, 0.1) is 27.7 Å². The molecule has 162 valence electrons. The lowest BCUT2D eigenvalue weighted by atomic mass is 10.0. The largest absolute Gasteiger partial charge is 0.376 e. The quantitative estimate of drug-likeness (QED) is 0.450. The molecule has 0 aliphatic carbocycles. The van der Waals surface area contributed by atoms with Crippen LogP contribution in [0.1, 0.15) is 40.9 Å². The molecule has 2 amide bonds. The van der Waals surface area contributed by atoms with Gasteiger partial charge in [-0.25, -0.2) is 0 Å². The number of aryl methyl sites for hydroxylation is 2. The van der Waals surface area contributed by atoms with Crippen LogP contribution in [0.15, 0.2) is 29.8 Å². The lowest BCUT2D eigenvalue weighted by Crippen LogP contribution is -2.54. The van der Waals surface area contributed by atoms with Crippen LogP contribution in [0.3, 0.4) is 0 Å². The molecule has 2 aliphatic rings. The van der Waals surface area contributed by atoms with Crippen molar-refractivity contribution in [3.05, 3.63) is 57.9 Å². The molecule has 1 aromatic heterocycles. The number of benzene rings is 1. The van der Waals surface area contributed by atoms with Crippen molar-refractivity contribution in [1.82, 2.24) is 9.88 Å². The molecule has 3 heterocycles. The molecule has 2 aliphatic heterocycles. The van der Waals surface area contributed by atoms with Gasteiger partial charge < -0.3 is 9.30 Å². The highest BCUT2D eigenvalue weighted by Crippen LogP contribution is 2.28. The molecule has 6 nitrogen and oxygen atoms in total. The van der Waals surface area contributed by atoms with Gasteiger partial charge in [-0.15, -0.1) is 0 Å². The fourth-order valence-corrected chi connectivity index (χ4v) is 4.53. The van der Waals surface area contributed by atoms with Gasteiger partial charge in [-0.3, -0.25) is 19.8 Å². The number of nitrogens with zero attached hydrogens (tertiary/aromatic N) is 2. The van der Waals surface area contributed by atoms with E-state index in [2.05, 4.69) is 9.88 Å². The zero-order chi connectivity index (χ0) is 22.3. The van der Waals surface area contributed by atoms with Crippen molar-refractivity contribution >= 4 is 40.9 Å². The van der Waals surface area contributed by atoms with Gasteiger partial charge in [-0.2, -0.15) is 0 Å². The third kappa shape index (κ3) is 3.95. The average molecular weight is 438 g/mol. The summed E-state index contributed by atoms with van der Waals surface area (Å²) in [5.41, 5.74) is 5.69. The van der Waals surface area contributed by atoms with Gasteiger partial charge in [0.25, 0.3) is 11.8 Å². The van der Waals surface area contributed by atoms with Crippen molar-refractivity contribution in [3.63, 3.8) is 0 Å². The molecule has 1 N–H and O–H groups in total. The molecular formula is C24H27N3O3S. The predicted molar refractivity (Wildman–Crippen MR) is 125 cm³/mol. The third-order valence-corrected chi connectivity index (χ3v) is 6.53. The SMILES string of the molecule is Cc1cccc(N2C(=O)/C(=C\c3cc(C)n(C[C@@H]4CCCO4)c3C)C(=O)NC2=S)c1C. The van der Waals surface area contributed by atoms with Gasteiger partial charge in [0.15, 0.2) is 5.11 Å². The third-order valence-electron chi connectivity index (χ3n) is 6.24. The number of carbonyl (C=O) groups excluding carboxylic acids is 2. The Labute approximate surface area is 187 Å². The van der Waals surface area contributed by atoms with E-state index in [0.29, 0.717) is 5.69 Å². The number of anilines is 1. The summed E-state index contributed by atoms with van der Waals surface area (Å²) in [5.74, 6) is -0.883. The van der Waals surface area contributed by atoms with E-state index in [4.69, 9.17) is 17.0 Å². The van der Waals surface area contributed by atoms with E-state index >= 15 is 0 Å². The number of carbonyl (C=O) groups is 2. The Bertz CT molecular complexity index is 1110.